The number of aromatic nitrogens is 4. The van der Waals surface area contributed by atoms with Crippen LogP contribution in [0, 0.1) is 6.92 Å². The molecule has 2 heterocycles. The first-order chi connectivity index (χ1) is 15.0. The highest BCUT2D eigenvalue weighted by Crippen LogP contribution is 2.28. The second-order valence-electron chi connectivity index (χ2n) is 6.43. The summed E-state index contributed by atoms with van der Waals surface area (Å²) in [4.78, 5) is 33.6. The summed E-state index contributed by atoms with van der Waals surface area (Å²) in [5, 5.41) is 7.89. The van der Waals surface area contributed by atoms with Gasteiger partial charge in [0.05, 0.1) is 17.1 Å². The molecule has 4 rings (SSSR count). The average Bonchev–Trinajstić information content (AvgIpc) is 3.43. The van der Waals surface area contributed by atoms with E-state index in [4.69, 9.17) is 16.3 Å². The number of rotatable bonds is 6. The van der Waals surface area contributed by atoms with E-state index >= 15 is 0 Å². The highest BCUT2D eigenvalue weighted by Gasteiger charge is 2.19. The normalized spacial score (nSPS) is 10.6. The summed E-state index contributed by atoms with van der Waals surface area (Å²) in [6.45, 7) is 1.27. The lowest BCUT2D eigenvalue weighted by Crippen LogP contribution is -2.21. The Kier molecular flexibility index (Phi) is 6.06. The van der Waals surface area contributed by atoms with Crippen LogP contribution < -0.4 is 5.32 Å². The largest absolute Gasteiger partial charge is 0.451 e. The van der Waals surface area contributed by atoms with Gasteiger partial charge in [0.15, 0.2) is 6.61 Å². The first-order valence-electron chi connectivity index (χ1n) is 9.15. The lowest BCUT2D eigenvalue weighted by molar-refractivity contribution is -0.119. The van der Waals surface area contributed by atoms with E-state index in [2.05, 4.69) is 20.4 Å². The Morgan fingerprint density at radius 1 is 1.19 bits per heavy atom. The molecule has 4 aromatic rings. The molecule has 0 saturated carbocycles. The molecular weight excluding hydrogens is 438 g/mol. The zero-order valence-corrected chi connectivity index (χ0v) is 17.9. The van der Waals surface area contributed by atoms with Crippen molar-refractivity contribution in [1.29, 1.82) is 0 Å². The van der Waals surface area contributed by atoms with Gasteiger partial charge in [0.1, 0.15) is 22.5 Å². The van der Waals surface area contributed by atoms with Crippen molar-refractivity contribution in [1.82, 2.24) is 19.7 Å². The maximum Gasteiger partial charge on any atom is 0.350 e. The van der Waals surface area contributed by atoms with Crippen LogP contribution in [0.15, 0.2) is 61.2 Å². The van der Waals surface area contributed by atoms with Crippen molar-refractivity contribution in [3.8, 4) is 16.3 Å². The van der Waals surface area contributed by atoms with Gasteiger partial charge >= 0.3 is 5.97 Å². The van der Waals surface area contributed by atoms with E-state index in [1.807, 2.05) is 30.3 Å². The van der Waals surface area contributed by atoms with Gasteiger partial charge in [-0.25, -0.2) is 19.4 Å². The molecule has 1 amide bonds. The molecule has 156 valence electrons. The minimum atomic E-state index is -0.602. The highest BCUT2D eigenvalue weighted by atomic mass is 35.5. The zero-order chi connectivity index (χ0) is 21.8. The monoisotopic (exact) mass is 453 g/mol. The van der Waals surface area contributed by atoms with Gasteiger partial charge in [-0.3, -0.25) is 4.79 Å². The summed E-state index contributed by atoms with van der Waals surface area (Å²) in [6, 6.07) is 14.5. The van der Waals surface area contributed by atoms with E-state index in [-0.39, 0.29) is 0 Å². The maximum atomic E-state index is 12.5. The molecule has 0 spiro atoms. The number of aryl methyl sites for hydroxylation is 1. The van der Waals surface area contributed by atoms with Gasteiger partial charge in [-0.1, -0.05) is 41.9 Å². The number of hydrogen-bond donors (Lipinski definition) is 1. The van der Waals surface area contributed by atoms with E-state index in [1.54, 1.807) is 25.1 Å². The molecule has 0 fully saturated rings. The molecule has 2 aromatic carbocycles. The molecule has 10 heteroatoms. The number of nitrogens with zero attached hydrogens (tertiary/aromatic N) is 4. The average molecular weight is 454 g/mol. The number of carbonyl (C=O) groups is 2. The third kappa shape index (κ3) is 4.79. The summed E-state index contributed by atoms with van der Waals surface area (Å²) in [5.41, 5.74) is 2.46. The third-order valence-electron chi connectivity index (χ3n) is 4.24. The quantitative estimate of drug-likeness (QED) is 0.440. The first kappa shape index (κ1) is 20.7. The number of halogens is 1. The van der Waals surface area contributed by atoms with Crippen LogP contribution in [0.3, 0.4) is 0 Å². The van der Waals surface area contributed by atoms with Crippen molar-refractivity contribution >= 4 is 40.5 Å². The predicted molar refractivity (Wildman–Crippen MR) is 118 cm³/mol. The topological polar surface area (TPSA) is 99.0 Å². The number of amides is 1. The van der Waals surface area contributed by atoms with Gasteiger partial charge in [0.25, 0.3) is 5.91 Å². The van der Waals surface area contributed by atoms with E-state index in [0.717, 1.165) is 5.56 Å². The lowest BCUT2D eigenvalue weighted by atomic mass is 10.2. The fourth-order valence-electron chi connectivity index (χ4n) is 2.81. The molecule has 0 aliphatic heterocycles. The van der Waals surface area contributed by atoms with Gasteiger partial charge in [-0.2, -0.15) is 5.10 Å². The van der Waals surface area contributed by atoms with Gasteiger partial charge in [0.2, 0.25) is 0 Å². The second-order valence-corrected chi connectivity index (χ2v) is 7.86. The zero-order valence-electron chi connectivity index (χ0n) is 16.3. The minimum absolute atomic E-state index is 0.359. The van der Waals surface area contributed by atoms with Gasteiger partial charge in [0, 0.05) is 10.6 Å². The van der Waals surface area contributed by atoms with Gasteiger partial charge < -0.3 is 10.1 Å². The second kappa shape index (κ2) is 9.07. The van der Waals surface area contributed by atoms with Crippen LogP contribution in [0.2, 0.25) is 5.02 Å². The summed E-state index contributed by atoms with van der Waals surface area (Å²) >= 11 is 7.28. The Morgan fingerprint density at radius 3 is 2.74 bits per heavy atom. The summed E-state index contributed by atoms with van der Waals surface area (Å²) in [7, 11) is 0. The van der Waals surface area contributed by atoms with Crippen LogP contribution in [0.5, 0.6) is 0 Å². The van der Waals surface area contributed by atoms with E-state index in [9.17, 15) is 9.59 Å². The molecule has 0 atom stereocenters. The summed E-state index contributed by atoms with van der Waals surface area (Å²) in [6.07, 6.45) is 2.87. The van der Waals surface area contributed by atoms with Crippen molar-refractivity contribution in [3.05, 3.63) is 76.8 Å². The van der Waals surface area contributed by atoms with Crippen molar-refractivity contribution in [3.63, 3.8) is 0 Å². The standard InChI is InChI=1S/C21H16ClN5O3S/c1-13-19(31-20(25-13)14-5-3-2-4-6-14)21(29)30-10-18(28)26-16-9-15(22)7-8-17(16)27-12-23-11-24-27/h2-9,11-12H,10H2,1H3,(H,26,28). The van der Waals surface area contributed by atoms with Gasteiger partial charge in [-0.05, 0) is 25.1 Å². The molecule has 2 aromatic heterocycles. The summed E-state index contributed by atoms with van der Waals surface area (Å²) < 4.78 is 6.69. The molecule has 1 N–H and O–H groups in total. The Morgan fingerprint density at radius 2 is 2.00 bits per heavy atom. The number of esters is 1. The highest BCUT2D eigenvalue weighted by molar-refractivity contribution is 7.17. The van der Waals surface area contributed by atoms with Gasteiger partial charge in [-0.15, -0.1) is 11.3 Å². The number of benzene rings is 2. The van der Waals surface area contributed by atoms with Crippen LogP contribution in [0.1, 0.15) is 15.4 Å². The van der Waals surface area contributed by atoms with Crippen LogP contribution in [0.4, 0.5) is 5.69 Å². The number of carbonyl (C=O) groups excluding carboxylic acids is 2. The first-order valence-corrected chi connectivity index (χ1v) is 10.3. The number of anilines is 1. The molecule has 0 unspecified atom stereocenters. The fourth-order valence-corrected chi connectivity index (χ4v) is 3.95. The van der Waals surface area contributed by atoms with Crippen molar-refractivity contribution in [2.45, 2.75) is 6.92 Å². The molecule has 0 aliphatic carbocycles. The van der Waals surface area contributed by atoms with E-state index in [0.29, 0.717) is 32.0 Å². The van der Waals surface area contributed by atoms with Crippen LogP contribution in [0.25, 0.3) is 16.3 Å². The Hall–Kier alpha value is -3.56. The molecule has 0 radical (unpaired) electrons. The Labute approximate surface area is 186 Å². The predicted octanol–water partition coefficient (Wildman–Crippen LogP) is 4.15. The molecule has 0 aliphatic rings. The number of nitrogens with one attached hydrogen (secondary N) is 1. The van der Waals surface area contributed by atoms with Crippen molar-refractivity contribution in [2.75, 3.05) is 11.9 Å². The fraction of sp³-hybridized carbons (Fsp3) is 0.0952. The SMILES string of the molecule is Cc1nc(-c2ccccc2)sc1C(=O)OCC(=O)Nc1cc(Cl)ccc1-n1cncn1. The summed E-state index contributed by atoms with van der Waals surface area (Å²) in [5.74, 6) is -1.11. The van der Waals surface area contributed by atoms with Crippen LogP contribution in [-0.2, 0) is 9.53 Å². The van der Waals surface area contributed by atoms with Crippen LogP contribution >= 0.6 is 22.9 Å². The number of ether oxygens (including phenoxy) is 1. The Bertz CT molecular complexity index is 1230. The van der Waals surface area contributed by atoms with E-state index in [1.165, 1.54) is 28.7 Å². The molecule has 8 nitrogen and oxygen atoms in total. The maximum absolute atomic E-state index is 12.5. The van der Waals surface area contributed by atoms with E-state index < -0.39 is 18.5 Å². The minimum Gasteiger partial charge on any atom is -0.451 e. The van der Waals surface area contributed by atoms with Crippen molar-refractivity contribution < 1.29 is 14.3 Å². The molecule has 0 saturated heterocycles. The van der Waals surface area contributed by atoms with Crippen LogP contribution in [-0.4, -0.2) is 38.2 Å². The molecular formula is C21H16ClN5O3S. The number of thiazole rings is 1. The third-order valence-corrected chi connectivity index (χ3v) is 5.66. The molecule has 0 bridgehead atoms. The van der Waals surface area contributed by atoms with Crippen molar-refractivity contribution in [2.24, 2.45) is 0 Å². The smallest absolute Gasteiger partial charge is 0.350 e. The number of hydrogen-bond acceptors (Lipinski definition) is 7. The Balaban J connectivity index is 1.43. The lowest BCUT2D eigenvalue weighted by Gasteiger charge is -2.11. The molecule has 31 heavy (non-hydrogen) atoms.